The fraction of sp³-hybridized carbons (Fsp3) is 0.438. The minimum Gasteiger partial charge on any atom is -0.335 e. The highest BCUT2D eigenvalue weighted by molar-refractivity contribution is 7.00. The molecule has 2 saturated carbocycles. The number of rotatable bonds is 3. The molecule has 4 aliphatic heterocycles. The lowest BCUT2D eigenvalue weighted by molar-refractivity contribution is 0.194. The Kier molecular flexibility index (Phi) is 9.19. The summed E-state index contributed by atoms with van der Waals surface area (Å²) in [5, 5.41) is 0. The Morgan fingerprint density at radius 3 is 1.65 bits per heavy atom. The van der Waals surface area contributed by atoms with E-state index >= 15 is 0 Å². The van der Waals surface area contributed by atoms with E-state index in [1.54, 1.807) is 5.56 Å². The van der Waals surface area contributed by atoms with Crippen LogP contribution in [0.3, 0.4) is 0 Å². The van der Waals surface area contributed by atoms with Crippen LogP contribution in [0.15, 0.2) is 115 Å². The number of para-hydroxylation sites is 1. The van der Waals surface area contributed by atoms with Crippen molar-refractivity contribution >= 4 is 62.9 Å². The zero-order chi connectivity index (χ0) is 47.7. The van der Waals surface area contributed by atoms with E-state index in [0.717, 1.165) is 0 Å². The molecule has 6 aliphatic rings. The molecule has 0 spiro atoms. The first-order valence-electron chi connectivity index (χ1n) is 26.3. The van der Waals surface area contributed by atoms with Crippen LogP contribution in [0.2, 0.25) is 0 Å². The number of nitrogens with zero attached hydrogens (tertiary/aromatic N) is 3. The maximum Gasteiger partial charge on any atom is 0.252 e. The first kappa shape index (κ1) is 44.0. The molecule has 2 aliphatic carbocycles. The summed E-state index contributed by atoms with van der Waals surface area (Å²) in [5.74, 6) is 0. The molecule has 348 valence electrons. The Morgan fingerprint density at radius 2 is 0.985 bits per heavy atom. The van der Waals surface area contributed by atoms with E-state index in [1.807, 2.05) is 0 Å². The normalized spacial score (nSPS) is 25.7. The molecule has 12 rings (SSSR count). The predicted octanol–water partition coefficient (Wildman–Crippen LogP) is 15.3. The van der Waals surface area contributed by atoms with Crippen LogP contribution in [-0.2, 0) is 27.1 Å². The summed E-state index contributed by atoms with van der Waals surface area (Å²) in [6.45, 7) is 32.1. The summed E-state index contributed by atoms with van der Waals surface area (Å²) in [6, 6.07) is 46.4. The molecule has 68 heavy (non-hydrogen) atoms. The number of hydrogen-bond acceptors (Lipinski definition) is 3. The van der Waals surface area contributed by atoms with Crippen molar-refractivity contribution in [2.75, 3.05) is 14.7 Å². The molecule has 4 atom stereocenters. The quantitative estimate of drug-likeness (QED) is 0.164. The summed E-state index contributed by atoms with van der Waals surface area (Å²) in [4.78, 5) is 8.55. The minimum atomic E-state index is -0.0930. The highest BCUT2D eigenvalue weighted by atomic mass is 15.3. The maximum atomic E-state index is 2.96. The van der Waals surface area contributed by atoms with Gasteiger partial charge in [-0.05, 0) is 142 Å². The summed E-state index contributed by atoms with van der Waals surface area (Å²) in [5.41, 5.74) is 23.6. The molecule has 6 aromatic carbocycles. The first-order chi connectivity index (χ1) is 32.1. The Hall–Kier alpha value is -5.22. The molecule has 2 fully saturated rings. The molecular formula is C64H74BN3. The van der Waals surface area contributed by atoms with E-state index in [-0.39, 0.29) is 44.9 Å². The standard InChI is InChI=1S/C64H74BN3/c1-58(2,3)42-27-29-51(46(35-42)41-23-15-14-16-24-41)66-53-30-28-43(59(4,5)6)37-49(53)65-50-38-44(60(7,8)9)36-48-57(50)68(64(13)34-22-20-32-62(48,64)11)55-40-45(39-54(66)56(55)65)67-52-26-18-17-25-47(52)61(10)31-19-21-33-63(61,67)12/h14-18,23-30,35-40H,19-22,31-34H2,1-13H3. The van der Waals surface area contributed by atoms with Gasteiger partial charge in [-0.1, -0.05) is 181 Å². The Labute approximate surface area is 409 Å². The van der Waals surface area contributed by atoms with Gasteiger partial charge in [-0.25, -0.2) is 0 Å². The van der Waals surface area contributed by atoms with Gasteiger partial charge in [0.05, 0.1) is 16.8 Å². The SMILES string of the molecule is CC(C)(C)c1ccc2c(c1)B1c3cc(C(C)(C)C)cc4c3N(c3cc(N5c6ccccc6C6(C)CCCCC56C)cc(c31)N2c1ccc(C(C)(C)C)cc1-c1ccccc1)C1(C)CCCCC41C. The third kappa shape index (κ3) is 5.79. The van der Waals surface area contributed by atoms with Crippen molar-refractivity contribution in [3.8, 4) is 11.1 Å². The van der Waals surface area contributed by atoms with Crippen LogP contribution < -0.4 is 31.1 Å². The number of hydrogen-bond donors (Lipinski definition) is 0. The second kappa shape index (κ2) is 14.2. The fourth-order valence-corrected chi connectivity index (χ4v) is 14.8. The van der Waals surface area contributed by atoms with Crippen LogP contribution in [0.4, 0.5) is 39.8 Å². The van der Waals surface area contributed by atoms with Crippen molar-refractivity contribution in [2.24, 2.45) is 0 Å². The lowest BCUT2D eigenvalue weighted by Crippen LogP contribution is -2.65. The molecule has 4 unspecified atom stereocenters. The van der Waals surface area contributed by atoms with Crippen molar-refractivity contribution in [2.45, 2.75) is 180 Å². The van der Waals surface area contributed by atoms with Crippen molar-refractivity contribution in [1.82, 2.24) is 0 Å². The molecule has 0 bridgehead atoms. The Bertz CT molecular complexity index is 3070. The minimum absolute atomic E-state index is 0.000180. The molecule has 0 N–H and O–H groups in total. The lowest BCUT2D eigenvalue weighted by Gasteiger charge is -2.54. The van der Waals surface area contributed by atoms with Crippen LogP contribution in [0, 0.1) is 0 Å². The second-order valence-corrected chi connectivity index (χ2v) is 26.1. The van der Waals surface area contributed by atoms with Gasteiger partial charge >= 0.3 is 0 Å². The molecule has 4 heteroatoms. The summed E-state index contributed by atoms with van der Waals surface area (Å²) < 4.78 is 0. The molecule has 4 heterocycles. The smallest absolute Gasteiger partial charge is 0.252 e. The van der Waals surface area contributed by atoms with Gasteiger partial charge in [0.25, 0.3) is 6.71 Å². The van der Waals surface area contributed by atoms with Crippen LogP contribution in [0.5, 0.6) is 0 Å². The monoisotopic (exact) mass is 896 g/mol. The number of anilines is 7. The average Bonchev–Trinajstić information content (AvgIpc) is 3.64. The topological polar surface area (TPSA) is 9.72 Å². The third-order valence-corrected chi connectivity index (χ3v) is 19.2. The van der Waals surface area contributed by atoms with Crippen LogP contribution >= 0.6 is 0 Å². The van der Waals surface area contributed by atoms with Crippen molar-refractivity contribution in [3.63, 3.8) is 0 Å². The second-order valence-electron chi connectivity index (χ2n) is 26.1. The van der Waals surface area contributed by atoms with Gasteiger partial charge in [0.1, 0.15) is 0 Å². The van der Waals surface area contributed by atoms with Gasteiger partial charge in [-0.3, -0.25) is 0 Å². The zero-order valence-electron chi connectivity index (χ0n) is 43.5. The van der Waals surface area contributed by atoms with Gasteiger partial charge in [-0.15, -0.1) is 0 Å². The van der Waals surface area contributed by atoms with Gasteiger partial charge in [0.15, 0.2) is 0 Å². The van der Waals surface area contributed by atoms with Gasteiger partial charge in [0.2, 0.25) is 0 Å². The van der Waals surface area contributed by atoms with Crippen LogP contribution in [0.1, 0.15) is 169 Å². The molecule has 3 nitrogen and oxygen atoms in total. The maximum absolute atomic E-state index is 2.96. The van der Waals surface area contributed by atoms with E-state index in [9.17, 15) is 0 Å². The lowest BCUT2D eigenvalue weighted by atomic mass is 9.33. The highest BCUT2D eigenvalue weighted by Gasteiger charge is 2.63. The Balaban J connectivity index is 1.25. The zero-order valence-corrected chi connectivity index (χ0v) is 43.5. The molecule has 0 radical (unpaired) electrons. The highest BCUT2D eigenvalue weighted by Crippen LogP contribution is 2.65. The van der Waals surface area contributed by atoms with Gasteiger partial charge in [0, 0.05) is 50.5 Å². The first-order valence-corrected chi connectivity index (χ1v) is 26.3. The third-order valence-electron chi connectivity index (χ3n) is 19.2. The van der Waals surface area contributed by atoms with Crippen LogP contribution in [-0.4, -0.2) is 17.8 Å². The average molecular weight is 896 g/mol. The van der Waals surface area contributed by atoms with E-state index in [4.69, 9.17) is 0 Å². The Morgan fingerprint density at radius 1 is 0.441 bits per heavy atom. The number of fused-ring (bicyclic) bond motifs is 10. The van der Waals surface area contributed by atoms with E-state index in [1.165, 1.54) is 141 Å². The van der Waals surface area contributed by atoms with Crippen LogP contribution in [0.25, 0.3) is 11.1 Å². The van der Waals surface area contributed by atoms with E-state index < -0.39 is 0 Å². The molecular weight excluding hydrogens is 822 g/mol. The molecule has 0 aromatic heterocycles. The van der Waals surface area contributed by atoms with E-state index in [2.05, 4.69) is 220 Å². The summed E-state index contributed by atoms with van der Waals surface area (Å²) in [7, 11) is 0. The molecule has 6 aromatic rings. The van der Waals surface area contributed by atoms with Crippen molar-refractivity contribution < 1.29 is 0 Å². The predicted molar refractivity (Wildman–Crippen MR) is 293 cm³/mol. The molecule has 0 amide bonds. The van der Waals surface area contributed by atoms with Crippen molar-refractivity contribution in [3.05, 3.63) is 143 Å². The largest absolute Gasteiger partial charge is 0.335 e. The summed E-state index contributed by atoms with van der Waals surface area (Å²) >= 11 is 0. The van der Waals surface area contributed by atoms with Gasteiger partial charge in [-0.2, -0.15) is 0 Å². The van der Waals surface area contributed by atoms with Crippen molar-refractivity contribution in [1.29, 1.82) is 0 Å². The van der Waals surface area contributed by atoms with Gasteiger partial charge < -0.3 is 14.7 Å². The summed E-state index contributed by atoms with van der Waals surface area (Å²) in [6.07, 6.45) is 9.82. The molecule has 0 saturated heterocycles. The number of benzene rings is 6. The fourth-order valence-electron chi connectivity index (χ4n) is 14.8. The van der Waals surface area contributed by atoms with E-state index in [0.29, 0.717) is 0 Å².